The third-order valence-electron chi connectivity index (χ3n) is 6.70. The van der Waals surface area contributed by atoms with Gasteiger partial charge in [-0.3, -0.25) is 0 Å². The number of carbonyl (C=O) groups is 1. The van der Waals surface area contributed by atoms with Gasteiger partial charge in [-0.15, -0.1) is 0 Å². The molecule has 1 aliphatic rings. The SMILES string of the molecule is COc1cc2nc(C)nc(NC(C)c3cccc(C#N)c3C)c2cc1N1CCN(C(=O)OC(C)(C)C)CC1. The Morgan fingerprint density at radius 2 is 1.84 bits per heavy atom. The molecule has 9 heteroatoms. The van der Waals surface area contributed by atoms with Crippen LogP contribution >= 0.6 is 0 Å². The lowest BCUT2D eigenvalue weighted by Crippen LogP contribution is -2.50. The van der Waals surface area contributed by atoms with E-state index in [-0.39, 0.29) is 12.1 Å². The van der Waals surface area contributed by atoms with Gasteiger partial charge in [-0.05, 0) is 64.8 Å². The maximum absolute atomic E-state index is 12.5. The summed E-state index contributed by atoms with van der Waals surface area (Å²) >= 11 is 0. The molecule has 0 bridgehead atoms. The number of carbonyl (C=O) groups excluding carboxylic acids is 1. The molecule has 2 aromatic carbocycles. The molecule has 9 nitrogen and oxygen atoms in total. The van der Waals surface area contributed by atoms with E-state index in [0.717, 1.165) is 39.3 Å². The zero-order chi connectivity index (χ0) is 27.6. The lowest BCUT2D eigenvalue weighted by molar-refractivity contribution is 0.0240. The van der Waals surface area contributed by atoms with Crippen molar-refractivity contribution in [2.45, 2.75) is 53.2 Å². The fourth-order valence-corrected chi connectivity index (χ4v) is 4.76. The van der Waals surface area contributed by atoms with Gasteiger partial charge in [0.1, 0.15) is 23.0 Å². The molecule has 3 aromatic rings. The molecule has 1 unspecified atom stereocenters. The number of amides is 1. The maximum atomic E-state index is 12.5. The van der Waals surface area contributed by atoms with E-state index in [0.29, 0.717) is 37.6 Å². The number of hydrogen-bond acceptors (Lipinski definition) is 8. The summed E-state index contributed by atoms with van der Waals surface area (Å²) < 4.78 is 11.3. The number of nitriles is 1. The Hall–Kier alpha value is -4.06. The second-order valence-corrected chi connectivity index (χ2v) is 10.6. The molecule has 1 amide bonds. The van der Waals surface area contributed by atoms with Crippen LogP contribution in [0.5, 0.6) is 5.75 Å². The predicted molar refractivity (Wildman–Crippen MR) is 149 cm³/mol. The van der Waals surface area contributed by atoms with Gasteiger partial charge in [0, 0.05) is 37.6 Å². The summed E-state index contributed by atoms with van der Waals surface area (Å²) in [6.45, 7) is 13.9. The normalized spacial score (nSPS) is 14.7. The smallest absolute Gasteiger partial charge is 0.410 e. The first-order valence-electron chi connectivity index (χ1n) is 12.9. The van der Waals surface area contributed by atoms with Crippen LogP contribution in [0.2, 0.25) is 0 Å². The summed E-state index contributed by atoms with van der Waals surface area (Å²) in [4.78, 5) is 25.9. The summed E-state index contributed by atoms with van der Waals surface area (Å²) in [7, 11) is 1.65. The van der Waals surface area contributed by atoms with Crippen LogP contribution in [-0.2, 0) is 4.74 Å². The Morgan fingerprint density at radius 1 is 1.13 bits per heavy atom. The van der Waals surface area contributed by atoms with Crippen LogP contribution in [0.25, 0.3) is 10.9 Å². The Bertz CT molecular complexity index is 1380. The summed E-state index contributed by atoms with van der Waals surface area (Å²) in [5.41, 5.74) is 3.84. The molecule has 38 heavy (non-hydrogen) atoms. The minimum absolute atomic E-state index is 0.0799. The van der Waals surface area contributed by atoms with Crippen LogP contribution in [0.4, 0.5) is 16.3 Å². The number of ether oxygens (including phenoxy) is 2. The quantitative estimate of drug-likeness (QED) is 0.484. The van der Waals surface area contributed by atoms with Crippen LogP contribution < -0.4 is 15.0 Å². The van der Waals surface area contributed by atoms with E-state index in [2.05, 4.69) is 34.3 Å². The van der Waals surface area contributed by atoms with Gasteiger partial charge in [0.2, 0.25) is 0 Å². The van der Waals surface area contributed by atoms with Crippen molar-refractivity contribution in [3.8, 4) is 11.8 Å². The van der Waals surface area contributed by atoms with Crippen molar-refractivity contribution in [2.24, 2.45) is 0 Å². The van der Waals surface area contributed by atoms with Gasteiger partial charge < -0.3 is 24.6 Å². The fraction of sp³-hybridized carbons (Fsp3) is 0.448. The van der Waals surface area contributed by atoms with E-state index < -0.39 is 5.60 Å². The summed E-state index contributed by atoms with van der Waals surface area (Å²) in [6, 6.07) is 12.0. The predicted octanol–water partition coefficient (Wildman–Crippen LogP) is 5.36. The lowest BCUT2D eigenvalue weighted by atomic mass is 9.98. The van der Waals surface area contributed by atoms with E-state index in [1.54, 1.807) is 12.0 Å². The second kappa shape index (κ2) is 10.7. The molecule has 0 radical (unpaired) electrons. The minimum atomic E-state index is -0.525. The molecule has 1 atom stereocenters. The Labute approximate surface area is 224 Å². The molecule has 2 heterocycles. The average Bonchev–Trinajstić information content (AvgIpc) is 2.87. The van der Waals surface area contributed by atoms with Crippen molar-refractivity contribution in [2.75, 3.05) is 43.5 Å². The summed E-state index contributed by atoms with van der Waals surface area (Å²) in [6.07, 6.45) is -0.289. The first kappa shape index (κ1) is 27.0. The average molecular weight is 517 g/mol. The number of benzene rings is 2. The first-order valence-corrected chi connectivity index (χ1v) is 12.9. The van der Waals surface area contributed by atoms with E-state index in [1.165, 1.54) is 0 Å². The molecule has 0 aliphatic carbocycles. The molecule has 0 spiro atoms. The van der Waals surface area contributed by atoms with Crippen LogP contribution in [0, 0.1) is 25.2 Å². The zero-order valence-corrected chi connectivity index (χ0v) is 23.3. The molecule has 1 fully saturated rings. The molecular weight excluding hydrogens is 480 g/mol. The van der Waals surface area contributed by atoms with Gasteiger partial charge in [0.15, 0.2) is 0 Å². The van der Waals surface area contributed by atoms with Crippen molar-refractivity contribution in [1.82, 2.24) is 14.9 Å². The van der Waals surface area contributed by atoms with Crippen molar-refractivity contribution >= 4 is 28.5 Å². The summed E-state index contributed by atoms with van der Waals surface area (Å²) in [5.74, 6) is 2.09. The number of aromatic nitrogens is 2. The number of hydrogen-bond donors (Lipinski definition) is 1. The van der Waals surface area contributed by atoms with Gasteiger partial charge in [-0.2, -0.15) is 5.26 Å². The Morgan fingerprint density at radius 3 is 2.47 bits per heavy atom. The highest BCUT2D eigenvalue weighted by atomic mass is 16.6. The monoisotopic (exact) mass is 516 g/mol. The largest absolute Gasteiger partial charge is 0.495 e. The van der Waals surface area contributed by atoms with E-state index >= 15 is 0 Å². The molecular formula is C29H36N6O3. The number of nitrogens with zero attached hydrogens (tertiary/aromatic N) is 5. The summed E-state index contributed by atoms with van der Waals surface area (Å²) in [5, 5.41) is 13.9. The highest BCUT2D eigenvalue weighted by Crippen LogP contribution is 2.36. The molecule has 4 rings (SSSR count). The number of rotatable bonds is 5. The first-order chi connectivity index (χ1) is 18.0. The number of aryl methyl sites for hydroxylation is 1. The molecule has 200 valence electrons. The van der Waals surface area contributed by atoms with Crippen molar-refractivity contribution in [3.05, 3.63) is 52.8 Å². The van der Waals surface area contributed by atoms with Gasteiger partial charge in [-0.25, -0.2) is 14.8 Å². The van der Waals surface area contributed by atoms with Gasteiger partial charge in [0.05, 0.1) is 36.0 Å². The van der Waals surface area contributed by atoms with Gasteiger partial charge >= 0.3 is 6.09 Å². The molecule has 1 aromatic heterocycles. The number of piperazine rings is 1. The van der Waals surface area contributed by atoms with Crippen LogP contribution in [0.15, 0.2) is 30.3 Å². The molecule has 1 aliphatic heterocycles. The number of methoxy groups -OCH3 is 1. The molecule has 1 N–H and O–H groups in total. The molecule has 1 saturated heterocycles. The zero-order valence-electron chi connectivity index (χ0n) is 23.3. The number of anilines is 2. The lowest BCUT2D eigenvalue weighted by Gasteiger charge is -2.37. The Balaban J connectivity index is 1.64. The van der Waals surface area contributed by atoms with Gasteiger partial charge in [0.25, 0.3) is 0 Å². The maximum Gasteiger partial charge on any atom is 0.410 e. The van der Waals surface area contributed by atoms with Crippen molar-refractivity contribution in [1.29, 1.82) is 5.26 Å². The van der Waals surface area contributed by atoms with E-state index in [9.17, 15) is 10.1 Å². The third-order valence-corrected chi connectivity index (χ3v) is 6.70. The topological polar surface area (TPSA) is 104 Å². The Kier molecular flexibility index (Phi) is 7.63. The van der Waals surface area contributed by atoms with Crippen molar-refractivity contribution < 1.29 is 14.3 Å². The second-order valence-electron chi connectivity index (χ2n) is 10.6. The van der Waals surface area contributed by atoms with E-state index in [4.69, 9.17) is 14.5 Å². The fourth-order valence-electron chi connectivity index (χ4n) is 4.76. The highest BCUT2D eigenvalue weighted by molar-refractivity contribution is 5.94. The van der Waals surface area contributed by atoms with Crippen LogP contribution in [0.3, 0.4) is 0 Å². The highest BCUT2D eigenvalue weighted by Gasteiger charge is 2.27. The van der Waals surface area contributed by atoms with Gasteiger partial charge in [-0.1, -0.05) is 12.1 Å². The minimum Gasteiger partial charge on any atom is -0.495 e. The number of nitrogens with one attached hydrogen (secondary N) is 1. The van der Waals surface area contributed by atoms with Crippen molar-refractivity contribution in [3.63, 3.8) is 0 Å². The third kappa shape index (κ3) is 5.75. The number of fused-ring (bicyclic) bond motifs is 1. The van der Waals surface area contributed by atoms with E-state index in [1.807, 2.05) is 58.9 Å². The van der Waals surface area contributed by atoms with Crippen LogP contribution in [-0.4, -0.2) is 59.9 Å². The van der Waals surface area contributed by atoms with Crippen LogP contribution in [0.1, 0.15) is 56.3 Å². The molecule has 0 saturated carbocycles. The standard InChI is InChI=1S/C29H36N6O3/c1-18-21(17-30)9-8-10-22(18)19(2)31-27-23-15-25(26(37-7)16-24(23)32-20(3)33-27)34-11-13-35(14-12-34)28(36)38-29(4,5)6/h8-10,15-16,19H,11-14H2,1-7H3,(H,31,32,33).